The van der Waals surface area contributed by atoms with Crippen LogP contribution in [0.1, 0.15) is 60.4 Å². The van der Waals surface area contributed by atoms with Crippen molar-refractivity contribution >= 4 is 5.91 Å². The van der Waals surface area contributed by atoms with Crippen molar-refractivity contribution in [2.75, 3.05) is 6.54 Å². The van der Waals surface area contributed by atoms with E-state index in [2.05, 4.69) is 4.90 Å². The van der Waals surface area contributed by atoms with Crippen LogP contribution in [0.3, 0.4) is 0 Å². The quantitative estimate of drug-likeness (QED) is 0.772. The molecule has 2 aliphatic rings. The maximum absolute atomic E-state index is 12.8. The average molecular weight is 261 g/mol. The third-order valence-electron chi connectivity index (χ3n) is 4.78. The molecule has 2 unspecified atom stereocenters. The van der Waals surface area contributed by atoms with Crippen LogP contribution in [0.2, 0.25) is 0 Å². The lowest BCUT2D eigenvalue weighted by Gasteiger charge is -2.44. The number of aryl methyl sites for hydroxylation is 2. The molecular weight excluding hydrogens is 238 g/mol. The van der Waals surface area contributed by atoms with Crippen molar-refractivity contribution in [1.82, 2.24) is 4.90 Å². The van der Waals surface area contributed by atoms with E-state index in [0.717, 1.165) is 36.0 Å². The highest BCUT2D eigenvalue weighted by atomic mass is 16.3. The van der Waals surface area contributed by atoms with Crippen LogP contribution >= 0.6 is 0 Å². The smallest absolute Gasteiger partial charge is 0.257 e. The standard InChI is InChI=1S/C16H23NO2/c1-11-10-14(12(2)19-11)16(18)17-9-5-7-13-6-3-4-8-15(13)17/h10,13,15H,3-9H2,1-2H3. The Hall–Kier alpha value is -1.25. The zero-order valence-corrected chi connectivity index (χ0v) is 11.9. The molecule has 2 heterocycles. The Bertz CT molecular complexity index is 475. The predicted molar refractivity (Wildman–Crippen MR) is 74.2 cm³/mol. The molecule has 2 fully saturated rings. The van der Waals surface area contributed by atoms with Crippen LogP contribution in [0.4, 0.5) is 0 Å². The van der Waals surface area contributed by atoms with Gasteiger partial charge < -0.3 is 9.32 Å². The second-order valence-electron chi connectivity index (χ2n) is 6.08. The van der Waals surface area contributed by atoms with Crippen LogP contribution in [0.15, 0.2) is 10.5 Å². The SMILES string of the molecule is Cc1cc(C(=O)N2CCCC3CCCCC32)c(C)o1. The van der Waals surface area contributed by atoms with Crippen LogP contribution in [0.5, 0.6) is 0 Å². The number of furan rings is 1. The summed E-state index contributed by atoms with van der Waals surface area (Å²) >= 11 is 0. The van der Waals surface area contributed by atoms with E-state index in [1.54, 1.807) is 0 Å². The molecule has 0 aromatic carbocycles. The number of fused-ring (bicyclic) bond motifs is 1. The first-order valence-electron chi connectivity index (χ1n) is 7.55. The fraction of sp³-hybridized carbons (Fsp3) is 0.688. The summed E-state index contributed by atoms with van der Waals surface area (Å²) in [5.74, 6) is 2.52. The van der Waals surface area contributed by atoms with Crippen molar-refractivity contribution in [2.45, 2.75) is 58.4 Å². The molecular formula is C16H23NO2. The molecule has 0 bridgehead atoms. The summed E-state index contributed by atoms with van der Waals surface area (Å²) in [4.78, 5) is 14.9. The number of likely N-dealkylation sites (tertiary alicyclic amines) is 1. The summed E-state index contributed by atoms with van der Waals surface area (Å²) in [6, 6.07) is 2.37. The number of hydrogen-bond acceptors (Lipinski definition) is 2. The molecule has 104 valence electrons. The van der Waals surface area contributed by atoms with Gasteiger partial charge in [0, 0.05) is 12.6 Å². The Morgan fingerprint density at radius 3 is 2.68 bits per heavy atom. The number of nitrogens with zero attached hydrogens (tertiary/aromatic N) is 1. The Kier molecular flexibility index (Phi) is 3.38. The molecule has 2 atom stereocenters. The highest BCUT2D eigenvalue weighted by molar-refractivity contribution is 5.95. The minimum Gasteiger partial charge on any atom is -0.466 e. The summed E-state index contributed by atoms with van der Waals surface area (Å²) in [5, 5.41) is 0. The van der Waals surface area contributed by atoms with E-state index in [1.807, 2.05) is 19.9 Å². The monoisotopic (exact) mass is 261 g/mol. The van der Waals surface area contributed by atoms with Gasteiger partial charge in [-0.05, 0) is 51.5 Å². The van der Waals surface area contributed by atoms with E-state index in [9.17, 15) is 4.79 Å². The summed E-state index contributed by atoms with van der Waals surface area (Å²) in [5.41, 5.74) is 0.767. The highest BCUT2D eigenvalue weighted by Gasteiger charge is 2.36. The molecule has 1 saturated carbocycles. The highest BCUT2D eigenvalue weighted by Crippen LogP contribution is 2.36. The van der Waals surface area contributed by atoms with Crippen molar-refractivity contribution in [3.8, 4) is 0 Å². The molecule has 1 aliphatic heterocycles. The van der Waals surface area contributed by atoms with E-state index in [-0.39, 0.29) is 5.91 Å². The lowest BCUT2D eigenvalue weighted by Crippen LogP contribution is -2.49. The van der Waals surface area contributed by atoms with Gasteiger partial charge in [0.15, 0.2) is 0 Å². The summed E-state index contributed by atoms with van der Waals surface area (Å²) in [7, 11) is 0. The Balaban J connectivity index is 1.83. The minimum atomic E-state index is 0.186. The largest absolute Gasteiger partial charge is 0.466 e. The molecule has 1 amide bonds. The molecule has 1 aromatic rings. The van der Waals surface area contributed by atoms with E-state index in [0.29, 0.717) is 6.04 Å². The average Bonchev–Trinajstić information content (AvgIpc) is 2.76. The van der Waals surface area contributed by atoms with Crippen LogP contribution < -0.4 is 0 Å². The normalized spacial score (nSPS) is 27.2. The van der Waals surface area contributed by atoms with Crippen molar-refractivity contribution < 1.29 is 9.21 Å². The van der Waals surface area contributed by atoms with Crippen molar-refractivity contribution in [1.29, 1.82) is 0 Å². The number of piperidine rings is 1. The molecule has 0 spiro atoms. The van der Waals surface area contributed by atoms with E-state index in [4.69, 9.17) is 4.42 Å². The Morgan fingerprint density at radius 2 is 1.95 bits per heavy atom. The molecule has 0 N–H and O–H groups in total. The van der Waals surface area contributed by atoms with Gasteiger partial charge >= 0.3 is 0 Å². The zero-order chi connectivity index (χ0) is 13.4. The summed E-state index contributed by atoms with van der Waals surface area (Å²) in [6.07, 6.45) is 7.56. The first kappa shape index (κ1) is 12.8. The Morgan fingerprint density at radius 1 is 1.21 bits per heavy atom. The van der Waals surface area contributed by atoms with Crippen LogP contribution in [0, 0.1) is 19.8 Å². The van der Waals surface area contributed by atoms with Crippen LogP contribution in [-0.4, -0.2) is 23.4 Å². The van der Waals surface area contributed by atoms with E-state index < -0.39 is 0 Å². The van der Waals surface area contributed by atoms with Gasteiger partial charge in [-0.1, -0.05) is 12.8 Å². The minimum absolute atomic E-state index is 0.186. The third-order valence-corrected chi connectivity index (χ3v) is 4.78. The van der Waals surface area contributed by atoms with Crippen LogP contribution in [0.25, 0.3) is 0 Å². The lowest BCUT2D eigenvalue weighted by atomic mass is 9.78. The first-order valence-corrected chi connectivity index (χ1v) is 7.55. The lowest BCUT2D eigenvalue weighted by molar-refractivity contribution is 0.0389. The third kappa shape index (κ3) is 2.31. The molecule has 3 heteroatoms. The Labute approximate surface area is 115 Å². The number of carbonyl (C=O) groups is 1. The van der Waals surface area contributed by atoms with Crippen molar-refractivity contribution in [3.05, 3.63) is 23.2 Å². The fourth-order valence-electron chi connectivity index (χ4n) is 3.87. The van der Waals surface area contributed by atoms with Gasteiger partial charge in [0.2, 0.25) is 0 Å². The van der Waals surface area contributed by atoms with Gasteiger partial charge in [0.05, 0.1) is 5.56 Å². The van der Waals surface area contributed by atoms with E-state index in [1.165, 1.54) is 32.1 Å². The number of rotatable bonds is 1. The van der Waals surface area contributed by atoms with Gasteiger partial charge in [-0.15, -0.1) is 0 Å². The molecule has 3 rings (SSSR count). The molecule has 19 heavy (non-hydrogen) atoms. The summed E-state index contributed by atoms with van der Waals surface area (Å²) < 4.78 is 5.51. The molecule has 1 saturated heterocycles. The fourth-order valence-corrected chi connectivity index (χ4v) is 3.87. The zero-order valence-electron chi connectivity index (χ0n) is 11.9. The maximum Gasteiger partial charge on any atom is 0.257 e. The van der Waals surface area contributed by atoms with Gasteiger partial charge in [0.25, 0.3) is 5.91 Å². The first-order chi connectivity index (χ1) is 9.16. The van der Waals surface area contributed by atoms with Gasteiger partial charge in [-0.25, -0.2) is 0 Å². The van der Waals surface area contributed by atoms with Gasteiger partial charge in [0.1, 0.15) is 11.5 Å². The topological polar surface area (TPSA) is 33.5 Å². The van der Waals surface area contributed by atoms with Crippen LogP contribution in [-0.2, 0) is 0 Å². The molecule has 3 nitrogen and oxygen atoms in total. The number of amides is 1. The van der Waals surface area contributed by atoms with Gasteiger partial charge in [-0.2, -0.15) is 0 Å². The number of carbonyl (C=O) groups excluding carboxylic acids is 1. The second-order valence-corrected chi connectivity index (χ2v) is 6.08. The summed E-state index contributed by atoms with van der Waals surface area (Å²) in [6.45, 7) is 4.72. The second kappa shape index (κ2) is 5.03. The van der Waals surface area contributed by atoms with Gasteiger partial charge in [-0.3, -0.25) is 4.79 Å². The maximum atomic E-state index is 12.8. The van der Waals surface area contributed by atoms with Crippen molar-refractivity contribution in [2.24, 2.45) is 5.92 Å². The molecule has 1 aliphatic carbocycles. The number of hydrogen-bond donors (Lipinski definition) is 0. The van der Waals surface area contributed by atoms with Crippen molar-refractivity contribution in [3.63, 3.8) is 0 Å². The molecule has 1 aromatic heterocycles. The van der Waals surface area contributed by atoms with E-state index >= 15 is 0 Å². The predicted octanol–water partition coefficient (Wildman–Crippen LogP) is 3.69. The molecule has 0 radical (unpaired) electrons.